The largest absolute Gasteiger partial charge is 0.315 e. The van der Waals surface area contributed by atoms with Crippen molar-refractivity contribution in [2.24, 2.45) is 0 Å². The third-order valence-corrected chi connectivity index (χ3v) is 4.28. The molecule has 0 aromatic carbocycles. The zero-order valence-corrected chi connectivity index (χ0v) is 12.6. The Balaban J connectivity index is 2.20. The highest BCUT2D eigenvalue weighted by Crippen LogP contribution is 2.34. The van der Waals surface area contributed by atoms with Crippen LogP contribution >= 0.6 is 23.1 Å². The van der Waals surface area contributed by atoms with Crippen LogP contribution < -0.4 is 5.32 Å². The molecule has 0 bridgehead atoms. The summed E-state index contributed by atoms with van der Waals surface area (Å²) in [5, 5.41) is 5.92. The monoisotopic (exact) mass is 303 g/mol. The van der Waals surface area contributed by atoms with Crippen molar-refractivity contribution in [3.63, 3.8) is 0 Å². The van der Waals surface area contributed by atoms with E-state index in [-0.39, 0.29) is 0 Å². The highest BCUT2D eigenvalue weighted by atomic mass is 32.2. The number of thiazole rings is 1. The average molecular weight is 303 g/mol. The Morgan fingerprint density at radius 2 is 2.30 bits per heavy atom. The van der Waals surface area contributed by atoms with Gasteiger partial charge in [-0.15, -0.1) is 11.3 Å². The highest BCUT2D eigenvalue weighted by Gasteiger charge is 2.09. The molecule has 0 saturated carbocycles. The second kappa shape index (κ2) is 6.49. The summed E-state index contributed by atoms with van der Waals surface area (Å²) in [6.45, 7) is 9.42. The number of aldehydes is 1. The molecule has 0 saturated heterocycles. The number of aromatic nitrogens is 2. The smallest absolute Gasteiger partial charge is 0.188 e. The van der Waals surface area contributed by atoms with Crippen molar-refractivity contribution in [3.05, 3.63) is 53.0 Å². The molecule has 0 radical (unpaired) electrons. The van der Waals surface area contributed by atoms with Crippen LogP contribution in [0.4, 0.5) is 10.9 Å². The molecule has 0 spiro atoms. The highest BCUT2D eigenvalue weighted by molar-refractivity contribution is 8.03. The SMILES string of the molecule is C=C(C=O)C(=C)Sc1cccnc1Nc1nc(C)cs1. The molecule has 0 aliphatic carbocycles. The number of hydrogen-bond donors (Lipinski definition) is 1. The second-order valence-corrected chi connectivity index (χ2v) is 5.93. The molecule has 6 heteroatoms. The molecule has 102 valence electrons. The Kier molecular flexibility index (Phi) is 4.70. The average Bonchev–Trinajstić information content (AvgIpc) is 2.85. The Morgan fingerprint density at radius 1 is 1.50 bits per heavy atom. The first-order valence-electron chi connectivity index (χ1n) is 5.75. The summed E-state index contributed by atoms with van der Waals surface area (Å²) in [5.74, 6) is 0.687. The van der Waals surface area contributed by atoms with E-state index in [4.69, 9.17) is 0 Å². The van der Waals surface area contributed by atoms with Crippen LogP contribution in [0, 0.1) is 6.92 Å². The summed E-state index contributed by atoms with van der Waals surface area (Å²) >= 11 is 2.87. The molecule has 0 aliphatic heterocycles. The van der Waals surface area contributed by atoms with Crippen LogP contribution in [-0.2, 0) is 4.79 Å². The van der Waals surface area contributed by atoms with Gasteiger partial charge in [0.15, 0.2) is 11.4 Å². The zero-order valence-electron chi connectivity index (χ0n) is 10.9. The Morgan fingerprint density at radius 3 is 2.95 bits per heavy atom. The van der Waals surface area contributed by atoms with E-state index >= 15 is 0 Å². The van der Waals surface area contributed by atoms with Crippen molar-refractivity contribution >= 4 is 40.3 Å². The maximum Gasteiger partial charge on any atom is 0.188 e. The lowest BCUT2D eigenvalue weighted by Crippen LogP contribution is -1.95. The van der Waals surface area contributed by atoms with Crippen molar-refractivity contribution in [1.82, 2.24) is 9.97 Å². The van der Waals surface area contributed by atoms with Gasteiger partial charge in [0.1, 0.15) is 5.82 Å². The van der Waals surface area contributed by atoms with Crippen LogP contribution in [0.3, 0.4) is 0 Å². The number of anilines is 2. The summed E-state index contributed by atoms with van der Waals surface area (Å²) in [6, 6.07) is 3.74. The first kappa shape index (κ1) is 14.5. The molecule has 0 amide bonds. The molecule has 0 fully saturated rings. The maximum atomic E-state index is 10.7. The third kappa shape index (κ3) is 3.55. The van der Waals surface area contributed by atoms with E-state index in [2.05, 4.69) is 28.4 Å². The van der Waals surface area contributed by atoms with Crippen LogP contribution in [0.2, 0.25) is 0 Å². The van der Waals surface area contributed by atoms with Gasteiger partial charge in [0.05, 0.1) is 10.6 Å². The summed E-state index contributed by atoms with van der Waals surface area (Å²) in [6.07, 6.45) is 2.40. The van der Waals surface area contributed by atoms with Gasteiger partial charge in [-0.05, 0) is 19.1 Å². The summed E-state index contributed by atoms with van der Waals surface area (Å²) in [7, 11) is 0. The van der Waals surface area contributed by atoms with Gasteiger partial charge in [-0.1, -0.05) is 24.9 Å². The number of carbonyl (C=O) groups is 1. The third-order valence-electron chi connectivity index (χ3n) is 2.35. The minimum atomic E-state index is 0.370. The molecule has 4 nitrogen and oxygen atoms in total. The van der Waals surface area contributed by atoms with E-state index in [0.29, 0.717) is 22.6 Å². The molecule has 0 aliphatic rings. The summed E-state index contributed by atoms with van der Waals surface area (Å²) < 4.78 is 0. The number of pyridine rings is 1. The van der Waals surface area contributed by atoms with E-state index in [1.807, 2.05) is 24.4 Å². The minimum Gasteiger partial charge on any atom is -0.315 e. The van der Waals surface area contributed by atoms with E-state index < -0.39 is 0 Å². The number of aryl methyl sites for hydroxylation is 1. The molecular weight excluding hydrogens is 290 g/mol. The molecule has 0 atom stereocenters. The Labute approximate surface area is 125 Å². The van der Waals surface area contributed by atoms with E-state index in [1.165, 1.54) is 23.1 Å². The molecule has 0 unspecified atom stereocenters. The lowest BCUT2D eigenvalue weighted by atomic mass is 10.3. The number of thioether (sulfide) groups is 1. The molecule has 2 aromatic heterocycles. The number of nitrogens with one attached hydrogen (secondary N) is 1. The van der Waals surface area contributed by atoms with Crippen molar-refractivity contribution in [1.29, 1.82) is 0 Å². The number of hydrogen-bond acceptors (Lipinski definition) is 6. The second-order valence-electron chi connectivity index (χ2n) is 3.94. The van der Waals surface area contributed by atoms with E-state index in [0.717, 1.165) is 15.7 Å². The lowest BCUT2D eigenvalue weighted by Gasteiger charge is -2.09. The molecular formula is C14H13N3OS2. The summed E-state index contributed by atoms with van der Waals surface area (Å²) in [4.78, 5) is 20.8. The fraction of sp³-hybridized carbons (Fsp3) is 0.0714. The van der Waals surface area contributed by atoms with Crippen LogP contribution in [0.25, 0.3) is 0 Å². The first-order valence-corrected chi connectivity index (χ1v) is 7.45. The molecule has 1 N–H and O–H groups in total. The van der Waals surface area contributed by atoms with Gasteiger partial charge in [-0.25, -0.2) is 9.97 Å². The quantitative estimate of drug-likeness (QED) is 0.379. The number of carbonyl (C=O) groups excluding carboxylic acids is 1. The Bertz CT molecular complexity index is 664. The Hall–Kier alpha value is -1.92. The van der Waals surface area contributed by atoms with E-state index in [1.54, 1.807) is 6.20 Å². The summed E-state index contributed by atoms with van der Waals surface area (Å²) in [5.41, 5.74) is 1.33. The van der Waals surface area contributed by atoms with Gasteiger partial charge in [-0.3, -0.25) is 4.79 Å². The number of allylic oxidation sites excluding steroid dienone is 1. The fourth-order valence-corrected chi connectivity index (χ4v) is 2.82. The first-order chi connectivity index (χ1) is 9.60. The number of rotatable bonds is 6. The van der Waals surface area contributed by atoms with Crippen LogP contribution in [0.1, 0.15) is 5.69 Å². The zero-order chi connectivity index (χ0) is 14.5. The van der Waals surface area contributed by atoms with Gasteiger partial charge < -0.3 is 5.32 Å². The normalized spacial score (nSPS) is 10.1. The van der Waals surface area contributed by atoms with E-state index in [9.17, 15) is 4.79 Å². The molecule has 2 aromatic rings. The van der Waals surface area contributed by atoms with Crippen LogP contribution in [0.5, 0.6) is 0 Å². The van der Waals surface area contributed by atoms with Crippen molar-refractivity contribution in [2.45, 2.75) is 11.8 Å². The standard InChI is InChI=1S/C14H13N3OS2/c1-9(7-18)11(3)20-12-5-4-6-15-13(12)17-14-16-10(2)8-19-14/h4-8H,1,3H2,2H3,(H,15,16,17). The van der Waals surface area contributed by atoms with Gasteiger partial charge in [0.2, 0.25) is 0 Å². The topological polar surface area (TPSA) is 54.9 Å². The molecule has 2 rings (SSSR count). The van der Waals surface area contributed by atoms with Crippen LogP contribution in [0.15, 0.2) is 52.2 Å². The van der Waals surface area contributed by atoms with Crippen molar-refractivity contribution < 1.29 is 4.79 Å². The molecule has 2 heterocycles. The van der Waals surface area contributed by atoms with Gasteiger partial charge in [-0.2, -0.15) is 0 Å². The predicted molar refractivity (Wildman–Crippen MR) is 84.6 cm³/mol. The molecule has 20 heavy (non-hydrogen) atoms. The maximum absolute atomic E-state index is 10.7. The number of nitrogens with zero attached hydrogens (tertiary/aromatic N) is 2. The van der Waals surface area contributed by atoms with Crippen molar-refractivity contribution in [3.8, 4) is 0 Å². The predicted octanol–water partition coefficient (Wildman–Crippen LogP) is 3.95. The fourth-order valence-electron chi connectivity index (χ4n) is 1.34. The minimum absolute atomic E-state index is 0.370. The van der Waals surface area contributed by atoms with Crippen molar-refractivity contribution in [2.75, 3.05) is 5.32 Å². The van der Waals surface area contributed by atoms with Gasteiger partial charge in [0.25, 0.3) is 0 Å². The van der Waals surface area contributed by atoms with Crippen LogP contribution in [-0.4, -0.2) is 16.3 Å². The van der Waals surface area contributed by atoms with Gasteiger partial charge >= 0.3 is 0 Å². The van der Waals surface area contributed by atoms with Gasteiger partial charge in [0, 0.05) is 22.1 Å². The lowest BCUT2D eigenvalue weighted by molar-refractivity contribution is -0.104.